The first-order valence-electron chi connectivity index (χ1n) is 10.0. The van der Waals surface area contributed by atoms with Gasteiger partial charge in [-0.3, -0.25) is 14.7 Å². The van der Waals surface area contributed by atoms with E-state index in [1.165, 1.54) is 6.42 Å². The zero-order chi connectivity index (χ0) is 19.1. The van der Waals surface area contributed by atoms with Crippen LogP contribution in [0.4, 0.5) is 0 Å². The Labute approximate surface area is 164 Å². The number of hydrogen-bond donors (Lipinski definition) is 1. The largest absolute Gasteiger partial charge is 0.348 e. The van der Waals surface area contributed by atoms with Crippen LogP contribution in [0.1, 0.15) is 34.6 Å². The second-order valence-electron chi connectivity index (χ2n) is 8.10. The smallest absolute Gasteiger partial charge is 0.256 e. The molecule has 0 aliphatic carbocycles. The van der Waals surface area contributed by atoms with Crippen molar-refractivity contribution in [3.05, 3.63) is 59.8 Å². The van der Waals surface area contributed by atoms with Crippen LogP contribution >= 0.6 is 0 Å². The molecule has 5 heterocycles. The normalized spacial score (nSPS) is 22.5. The Balaban J connectivity index is 1.40. The highest BCUT2D eigenvalue weighted by molar-refractivity contribution is 6.05. The van der Waals surface area contributed by atoms with Crippen molar-refractivity contribution in [2.24, 2.45) is 5.92 Å². The number of H-pyrrole nitrogens is 1. The van der Waals surface area contributed by atoms with Gasteiger partial charge in [-0.2, -0.15) is 0 Å². The van der Waals surface area contributed by atoms with Crippen molar-refractivity contribution in [1.82, 2.24) is 24.8 Å². The van der Waals surface area contributed by atoms with Crippen LogP contribution in [-0.4, -0.2) is 56.3 Å². The summed E-state index contributed by atoms with van der Waals surface area (Å²) < 4.78 is 0. The molecule has 1 N–H and O–H groups in total. The highest BCUT2D eigenvalue weighted by Crippen LogP contribution is 2.31. The summed E-state index contributed by atoms with van der Waals surface area (Å²) in [6.07, 6.45) is 5.80. The molecule has 0 saturated carbocycles. The lowest BCUT2D eigenvalue weighted by atomic mass is 9.94. The van der Waals surface area contributed by atoms with Gasteiger partial charge in [-0.15, -0.1) is 0 Å². The zero-order valence-corrected chi connectivity index (χ0v) is 16.1. The number of hydrogen-bond acceptors (Lipinski definition) is 4. The molecule has 3 aliphatic rings. The molecule has 3 saturated heterocycles. The van der Waals surface area contributed by atoms with E-state index in [0.717, 1.165) is 60.5 Å². The third-order valence-corrected chi connectivity index (χ3v) is 6.22. The van der Waals surface area contributed by atoms with E-state index in [4.69, 9.17) is 0 Å². The summed E-state index contributed by atoms with van der Waals surface area (Å²) in [5, 5.41) is 1.02. The molecule has 2 aromatic heterocycles. The lowest BCUT2D eigenvalue weighted by Gasteiger charge is -2.36. The number of imidazole rings is 1. The van der Waals surface area contributed by atoms with E-state index in [9.17, 15) is 4.79 Å². The molecule has 2 atom stereocenters. The van der Waals surface area contributed by atoms with E-state index in [2.05, 4.69) is 31.7 Å². The first kappa shape index (κ1) is 17.4. The number of nitrogens with zero attached hydrogens (tertiary/aromatic N) is 4. The van der Waals surface area contributed by atoms with Gasteiger partial charge in [-0.25, -0.2) is 4.98 Å². The van der Waals surface area contributed by atoms with E-state index in [1.54, 1.807) is 12.5 Å². The highest BCUT2D eigenvalue weighted by Gasteiger charge is 2.38. The molecule has 0 radical (unpaired) electrons. The van der Waals surface area contributed by atoms with Crippen molar-refractivity contribution in [2.75, 3.05) is 19.6 Å². The topological polar surface area (TPSA) is 65.1 Å². The lowest BCUT2D eigenvalue weighted by Crippen LogP contribution is -2.47. The number of carbonyl (C=O) groups excluding carboxylic acids is 1. The summed E-state index contributed by atoms with van der Waals surface area (Å²) in [6.45, 7) is 5.69. The Morgan fingerprint density at radius 2 is 2.04 bits per heavy atom. The summed E-state index contributed by atoms with van der Waals surface area (Å²) in [6, 6.07) is 10.1. The minimum absolute atomic E-state index is 0.122. The minimum atomic E-state index is 0.122. The van der Waals surface area contributed by atoms with Crippen molar-refractivity contribution in [3.63, 3.8) is 0 Å². The van der Waals surface area contributed by atoms with Crippen molar-refractivity contribution in [1.29, 1.82) is 0 Å². The number of rotatable bonds is 3. The molecule has 6 nitrogen and oxygen atoms in total. The molecular weight excluding hydrogens is 350 g/mol. The first-order valence-corrected chi connectivity index (χ1v) is 10.0. The third kappa shape index (κ3) is 3.07. The van der Waals surface area contributed by atoms with Crippen LogP contribution in [0.3, 0.4) is 0 Å². The minimum Gasteiger partial charge on any atom is -0.348 e. The van der Waals surface area contributed by atoms with Gasteiger partial charge in [-0.05, 0) is 37.8 Å². The van der Waals surface area contributed by atoms with Crippen LogP contribution < -0.4 is 0 Å². The monoisotopic (exact) mass is 375 g/mol. The van der Waals surface area contributed by atoms with Crippen molar-refractivity contribution >= 4 is 16.8 Å². The van der Waals surface area contributed by atoms with Gasteiger partial charge < -0.3 is 9.88 Å². The second kappa shape index (κ2) is 7.02. The molecular formula is C22H25N5O. The van der Waals surface area contributed by atoms with Crippen molar-refractivity contribution < 1.29 is 4.79 Å². The molecule has 0 spiro atoms. The van der Waals surface area contributed by atoms with Gasteiger partial charge >= 0.3 is 0 Å². The third-order valence-electron chi connectivity index (χ3n) is 6.22. The maximum Gasteiger partial charge on any atom is 0.256 e. The number of aryl methyl sites for hydroxylation is 1. The molecule has 3 aliphatic heterocycles. The van der Waals surface area contributed by atoms with Crippen LogP contribution in [-0.2, 0) is 6.54 Å². The summed E-state index contributed by atoms with van der Waals surface area (Å²) in [7, 11) is 0. The Morgan fingerprint density at radius 3 is 2.89 bits per heavy atom. The van der Waals surface area contributed by atoms with E-state index in [0.29, 0.717) is 5.92 Å². The summed E-state index contributed by atoms with van der Waals surface area (Å²) in [5.74, 6) is 0.640. The SMILES string of the molecule is Cc1[nH]cnc1CN1C[C@@H]2CC[C@H](C1)N(C(=O)c1cccc3cccnc13)C2. The maximum atomic E-state index is 13.5. The predicted molar refractivity (Wildman–Crippen MR) is 108 cm³/mol. The number of benzene rings is 1. The van der Waals surface area contributed by atoms with Crippen LogP contribution in [0.25, 0.3) is 10.9 Å². The van der Waals surface area contributed by atoms with Crippen LogP contribution in [0.2, 0.25) is 0 Å². The van der Waals surface area contributed by atoms with Gasteiger partial charge in [0.25, 0.3) is 5.91 Å². The first-order chi connectivity index (χ1) is 13.7. The quantitative estimate of drug-likeness (QED) is 0.764. The van der Waals surface area contributed by atoms with Gasteiger partial charge in [0, 0.05) is 49.5 Å². The van der Waals surface area contributed by atoms with Gasteiger partial charge in [-0.1, -0.05) is 18.2 Å². The van der Waals surface area contributed by atoms with Crippen molar-refractivity contribution in [2.45, 2.75) is 32.4 Å². The van der Waals surface area contributed by atoms with E-state index < -0.39 is 0 Å². The lowest BCUT2D eigenvalue weighted by molar-refractivity contribution is 0.0586. The maximum absolute atomic E-state index is 13.5. The number of fused-ring (bicyclic) bond motifs is 5. The zero-order valence-electron chi connectivity index (χ0n) is 16.1. The fraction of sp³-hybridized carbons (Fsp3) is 0.409. The summed E-state index contributed by atoms with van der Waals surface area (Å²) in [5.41, 5.74) is 3.77. The molecule has 6 heteroatoms. The summed E-state index contributed by atoms with van der Waals surface area (Å²) >= 11 is 0. The molecule has 0 unspecified atom stereocenters. The molecule has 3 fully saturated rings. The summed E-state index contributed by atoms with van der Waals surface area (Å²) in [4.78, 5) is 30.2. The number of aromatic amines is 1. The van der Waals surface area contributed by atoms with Crippen LogP contribution in [0, 0.1) is 12.8 Å². The van der Waals surface area contributed by atoms with Gasteiger partial charge in [0.1, 0.15) is 0 Å². The van der Waals surface area contributed by atoms with Gasteiger partial charge in [0.05, 0.1) is 23.1 Å². The van der Waals surface area contributed by atoms with Crippen molar-refractivity contribution in [3.8, 4) is 0 Å². The fourth-order valence-electron chi connectivity index (χ4n) is 4.75. The molecule has 2 bridgehead atoms. The number of aromatic nitrogens is 3. The Hall–Kier alpha value is -2.73. The van der Waals surface area contributed by atoms with E-state index >= 15 is 0 Å². The van der Waals surface area contributed by atoms with Gasteiger partial charge in [0.15, 0.2) is 0 Å². The standard InChI is InChI=1S/C22H25N5O/c1-15-20(25-14-24-15)13-26-10-16-7-8-18(12-26)27(11-16)22(28)19-6-2-4-17-5-3-9-23-21(17)19/h2-6,9,14,16,18H,7-8,10-13H2,1H3,(H,24,25)/t16-,18+/m0/s1. The fourth-order valence-corrected chi connectivity index (χ4v) is 4.75. The molecule has 144 valence electrons. The number of pyridine rings is 1. The number of piperidine rings is 1. The molecule has 6 rings (SSSR count). The average Bonchev–Trinajstić information content (AvgIpc) is 2.93. The molecule has 1 aromatic carbocycles. The average molecular weight is 375 g/mol. The highest BCUT2D eigenvalue weighted by atomic mass is 16.2. The molecule has 3 aromatic rings. The Morgan fingerprint density at radius 1 is 1.14 bits per heavy atom. The van der Waals surface area contributed by atoms with E-state index in [1.807, 2.05) is 30.3 Å². The molecule has 1 amide bonds. The number of carbonyl (C=O) groups is 1. The number of nitrogens with one attached hydrogen (secondary N) is 1. The predicted octanol–water partition coefficient (Wildman–Crippen LogP) is 3.00. The van der Waals surface area contributed by atoms with Gasteiger partial charge in [0.2, 0.25) is 0 Å². The Bertz CT molecular complexity index is 1010. The van der Waals surface area contributed by atoms with E-state index in [-0.39, 0.29) is 11.9 Å². The second-order valence-corrected chi connectivity index (χ2v) is 8.10. The van der Waals surface area contributed by atoms with Crippen LogP contribution in [0.5, 0.6) is 0 Å². The Kier molecular flexibility index (Phi) is 4.36. The molecule has 28 heavy (non-hydrogen) atoms. The number of para-hydroxylation sites is 1. The number of amides is 1. The van der Waals surface area contributed by atoms with Crippen LogP contribution in [0.15, 0.2) is 42.9 Å².